The van der Waals surface area contributed by atoms with Crippen molar-refractivity contribution in [2.75, 3.05) is 44.7 Å². The molecule has 43 heavy (non-hydrogen) atoms. The minimum atomic E-state index is -3.01. The first-order valence-electron chi connectivity index (χ1n) is 14.9. The third-order valence-electron chi connectivity index (χ3n) is 7.82. The van der Waals surface area contributed by atoms with Crippen LogP contribution in [0, 0.1) is 13.8 Å². The normalized spacial score (nSPS) is 18.1. The lowest BCUT2D eigenvalue weighted by Crippen LogP contribution is -2.47. The molecule has 1 aliphatic carbocycles. The maximum absolute atomic E-state index is 13.4. The molecule has 0 unspecified atom stereocenters. The number of allylic oxidation sites excluding steroid dienone is 8. The van der Waals surface area contributed by atoms with Crippen LogP contribution in [-0.4, -0.2) is 80.4 Å². The molecule has 2 aliphatic rings. The number of amides is 2. The van der Waals surface area contributed by atoms with Gasteiger partial charge in [0.25, 0.3) is 11.8 Å². The summed E-state index contributed by atoms with van der Waals surface area (Å²) in [6.45, 7) is 12.5. The van der Waals surface area contributed by atoms with Gasteiger partial charge in [-0.05, 0) is 89.1 Å². The summed E-state index contributed by atoms with van der Waals surface area (Å²) in [7, 11) is -0.960. The van der Waals surface area contributed by atoms with Gasteiger partial charge < -0.3 is 20.1 Å². The summed E-state index contributed by atoms with van der Waals surface area (Å²) in [4.78, 5) is 33.8. The van der Waals surface area contributed by atoms with Crippen molar-refractivity contribution in [2.24, 2.45) is 0 Å². The van der Waals surface area contributed by atoms with Crippen LogP contribution >= 0.6 is 10.6 Å². The van der Waals surface area contributed by atoms with E-state index >= 15 is 0 Å². The van der Waals surface area contributed by atoms with Crippen LogP contribution in [0.25, 0.3) is 6.08 Å². The minimum Gasteiger partial charge on any atom is -0.358 e. The number of carbonyl (C=O) groups excluding carboxylic acids is 2. The molecule has 0 saturated carbocycles. The second-order valence-electron chi connectivity index (χ2n) is 11.2. The van der Waals surface area contributed by atoms with E-state index in [0.29, 0.717) is 29.9 Å². The molecular weight excluding hydrogens is 560 g/mol. The first-order valence-corrected chi connectivity index (χ1v) is 16.7. The Morgan fingerprint density at radius 1 is 1.09 bits per heavy atom. The van der Waals surface area contributed by atoms with Crippen molar-refractivity contribution in [1.29, 1.82) is 0 Å². The SMILES string of the molecule is CC=CNC(=O)C(C=CCS(O)(O)CC(C=CC)=C(C)C1=CC=CCC1)=Cc1[nH]c(C)c(C(=O)N2CCN(C)CC2)c1C. The van der Waals surface area contributed by atoms with Crippen molar-refractivity contribution in [3.63, 3.8) is 0 Å². The molecule has 2 heterocycles. The second-order valence-corrected chi connectivity index (χ2v) is 13.4. The van der Waals surface area contributed by atoms with Gasteiger partial charge in [0.2, 0.25) is 0 Å². The second kappa shape index (κ2) is 15.9. The number of nitrogens with one attached hydrogen (secondary N) is 2. The van der Waals surface area contributed by atoms with E-state index in [4.69, 9.17) is 0 Å². The standard InChI is InChI=1S/C34H48N4O4S/c1-7-13-30(25(3)28-14-10-9-11-15-28)24-43(41,42)22-12-16-29(33(39)35-17-8-2)23-31-26(4)32(27(5)36-31)34(40)38-20-18-37(6)19-21-38/h7-10,12-14,16-17,23,36,41-42H,11,15,18-22,24H2,1-6H3,(H,35,39). The van der Waals surface area contributed by atoms with Crippen molar-refractivity contribution in [3.8, 4) is 0 Å². The van der Waals surface area contributed by atoms with E-state index in [0.717, 1.165) is 48.3 Å². The minimum absolute atomic E-state index is 0.00437. The zero-order valence-electron chi connectivity index (χ0n) is 26.4. The van der Waals surface area contributed by atoms with E-state index in [1.807, 2.05) is 50.8 Å². The van der Waals surface area contributed by atoms with Crippen LogP contribution in [0.4, 0.5) is 0 Å². The Bertz CT molecular complexity index is 1380. The van der Waals surface area contributed by atoms with Crippen LogP contribution in [0.2, 0.25) is 0 Å². The van der Waals surface area contributed by atoms with Gasteiger partial charge in [0.1, 0.15) is 0 Å². The van der Waals surface area contributed by atoms with Gasteiger partial charge in [-0.25, -0.2) is 0 Å². The number of carbonyl (C=O) groups is 2. The Balaban J connectivity index is 1.85. The highest BCUT2D eigenvalue weighted by atomic mass is 32.3. The fraction of sp³-hybridized carbons (Fsp3) is 0.412. The number of rotatable bonds is 11. The van der Waals surface area contributed by atoms with Gasteiger partial charge in [-0.15, -0.1) is 0 Å². The Morgan fingerprint density at radius 3 is 2.44 bits per heavy atom. The molecule has 0 aromatic carbocycles. The molecular formula is C34H48N4O4S. The maximum Gasteiger partial charge on any atom is 0.256 e. The molecule has 0 atom stereocenters. The number of hydrogen-bond donors (Lipinski definition) is 4. The number of aryl methyl sites for hydroxylation is 1. The molecule has 0 bridgehead atoms. The monoisotopic (exact) mass is 608 g/mol. The molecule has 1 fully saturated rings. The van der Waals surface area contributed by atoms with Crippen LogP contribution in [-0.2, 0) is 4.79 Å². The molecule has 0 spiro atoms. The van der Waals surface area contributed by atoms with Gasteiger partial charge in [0, 0.05) is 43.1 Å². The number of nitrogens with zero attached hydrogens (tertiary/aromatic N) is 2. The van der Waals surface area contributed by atoms with Crippen LogP contribution in [0.15, 0.2) is 77.1 Å². The van der Waals surface area contributed by atoms with Crippen molar-refractivity contribution in [2.45, 2.75) is 47.5 Å². The van der Waals surface area contributed by atoms with Crippen LogP contribution in [0.3, 0.4) is 0 Å². The molecule has 1 saturated heterocycles. The molecule has 9 heteroatoms. The number of likely N-dealkylation sites (N-methyl/N-ethyl adjacent to an activating group) is 1. The highest BCUT2D eigenvalue weighted by molar-refractivity contribution is 8.24. The van der Waals surface area contributed by atoms with E-state index in [1.54, 1.807) is 37.4 Å². The molecule has 0 radical (unpaired) electrons. The molecule has 1 aromatic rings. The third kappa shape index (κ3) is 9.56. The average Bonchev–Trinajstić information content (AvgIpc) is 3.26. The van der Waals surface area contributed by atoms with E-state index in [1.165, 1.54) is 5.57 Å². The molecule has 8 nitrogen and oxygen atoms in total. The third-order valence-corrected chi connectivity index (χ3v) is 9.32. The highest BCUT2D eigenvalue weighted by Gasteiger charge is 2.25. The van der Waals surface area contributed by atoms with Crippen LogP contribution in [0.1, 0.15) is 60.9 Å². The number of aromatic amines is 1. The summed E-state index contributed by atoms with van der Waals surface area (Å²) in [5.74, 6) is -0.217. The van der Waals surface area contributed by atoms with Gasteiger partial charge in [0.15, 0.2) is 0 Å². The quantitative estimate of drug-likeness (QED) is 0.169. The predicted molar refractivity (Wildman–Crippen MR) is 180 cm³/mol. The molecule has 1 aliphatic heterocycles. The number of hydrogen-bond acceptors (Lipinski definition) is 5. The van der Waals surface area contributed by atoms with Crippen molar-refractivity contribution in [1.82, 2.24) is 20.1 Å². The molecule has 234 valence electrons. The maximum atomic E-state index is 13.4. The van der Waals surface area contributed by atoms with Crippen molar-refractivity contribution < 1.29 is 18.7 Å². The van der Waals surface area contributed by atoms with Gasteiger partial charge >= 0.3 is 0 Å². The summed E-state index contributed by atoms with van der Waals surface area (Å²) in [6, 6.07) is 0. The summed E-state index contributed by atoms with van der Waals surface area (Å²) in [5.41, 5.74) is 6.32. The summed E-state index contributed by atoms with van der Waals surface area (Å²) >= 11 is 0. The zero-order valence-corrected chi connectivity index (χ0v) is 27.3. The number of piperazine rings is 1. The van der Waals surface area contributed by atoms with E-state index < -0.39 is 10.6 Å². The predicted octanol–water partition coefficient (Wildman–Crippen LogP) is 6.53. The number of H-pyrrole nitrogens is 1. The average molecular weight is 609 g/mol. The topological polar surface area (TPSA) is 109 Å². The van der Waals surface area contributed by atoms with Gasteiger partial charge in [-0.2, -0.15) is 10.6 Å². The first-order chi connectivity index (χ1) is 20.5. The molecule has 3 rings (SSSR count). The lowest BCUT2D eigenvalue weighted by Gasteiger charge is -2.32. The number of aromatic nitrogens is 1. The van der Waals surface area contributed by atoms with E-state index in [9.17, 15) is 18.7 Å². The molecule has 4 N–H and O–H groups in total. The Morgan fingerprint density at radius 2 is 1.81 bits per heavy atom. The fourth-order valence-corrected chi connectivity index (χ4v) is 6.57. The summed E-state index contributed by atoms with van der Waals surface area (Å²) < 4.78 is 22.1. The van der Waals surface area contributed by atoms with Crippen LogP contribution in [0.5, 0.6) is 0 Å². The van der Waals surface area contributed by atoms with E-state index in [-0.39, 0.29) is 23.3 Å². The highest BCUT2D eigenvalue weighted by Crippen LogP contribution is 2.42. The van der Waals surface area contributed by atoms with Gasteiger partial charge in [0.05, 0.1) is 17.1 Å². The van der Waals surface area contributed by atoms with E-state index in [2.05, 4.69) is 34.4 Å². The lowest BCUT2D eigenvalue weighted by atomic mass is 9.95. The van der Waals surface area contributed by atoms with Gasteiger partial charge in [-0.3, -0.25) is 18.7 Å². The summed E-state index contributed by atoms with van der Waals surface area (Å²) in [6.07, 6.45) is 20.3. The molecule has 1 aromatic heterocycles. The Labute approximate surface area is 258 Å². The molecule has 2 amide bonds. The van der Waals surface area contributed by atoms with Crippen molar-refractivity contribution >= 4 is 28.5 Å². The fourth-order valence-electron chi connectivity index (χ4n) is 5.24. The largest absolute Gasteiger partial charge is 0.358 e. The van der Waals surface area contributed by atoms with Crippen molar-refractivity contribution in [3.05, 3.63) is 99.6 Å². The zero-order chi connectivity index (χ0) is 31.6. The first kappa shape index (κ1) is 34.1. The Kier molecular flexibility index (Phi) is 12.6. The smallest absolute Gasteiger partial charge is 0.256 e. The Hall–Kier alpha value is -3.37. The lowest BCUT2D eigenvalue weighted by molar-refractivity contribution is -0.116. The van der Waals surface area contributed by atoms with Gasteiger partial charge in [-0.1, -0.05) is 48.6 Å². The van der Waals surface area contributed by atoms with Crippen LogP contribution < -0.4 is 5.32 Å². The summed E-state index contributed by atoms with van der Waals surface area (Å²) in [5, 5.41) is 2.74.